The van der Waals surface area contributed by atoms with Crippen molar-refractivity contribution < 1.29 is 9.18 Å². The van der Waals surface area contributed by atoms with Crippen molar-refractivity contribution >= 4 is 11.6 Å². The normalized spacial score (nSPS) is 19.4. The third-order valence-electron chi connectivity index (χ3n) is 2.59. The lowest BCUT2D eigenvalue weighted by atomic mass is 10.0. The summed E-state index contributed by atoms with van der Waals surface area (Å²) >= 11 is 0. The van der Waals surface area contributed by atoms with Gasteiger partial charge in [-0.3, -0.25) is 4.79 Å². The number of nitrogens with one attached hydrogen (secondary N) is 1. The molecule has 1 aliphatic rings. The monoisotopic (exact) mass is 222 g/mol. The first kappa shape index (κ1) is 10.9. The van der Waals surface area contributed by atoms with Crippen LogP contribution in [0.1, 0.15) is 13.8 Å². The SMILES string of the molecule is CC1(C)CN(c2ccccc2F)CC(=O)N1. The van der Waals surface area contributed by atoms with Gasteiger partial charge in [-0.1, -0.05) is 12.1 Å². The van der Waals surface area contributed by atoms with E-state index in [0.717, 1.165) is 0 Å². The molecule has 2 rings (SSSR count). The summed E-state index contributed by atoms with van der Waals surface area (Å²) in [5.41, 5.74) is 0.169. The molecule has 4 heteroatoms. The summed E-state index contributed by atoms with van der Waals surface area (Å²) in [4.78, 5) is 13.3. The first-order chi connectivity index (χ1) is 7.48. The Morgan fingerprint density at radius 1 is 1.38 bits per heavy atom. The molecule has 0 spiro atoms. The Morgan fingerprint density at radius 2 is 2.06 bits per heavy atom. The zero-order chi connectivity index (χ0) is 11.8. The third kappa shape index (κ3) is 2.15. The molecule has 0 aliphatic carbocycles. The number of carbonyl (C=O) groups excluding carboxylic acids is 1. The van der Waals surface area contributed by atoms with Crippen LogP contribution >= 0.6 is 0 Å². The first-order valence-electron chi connectivity index (χ1n) is 5.28. The van der Waals surface area contributed by atoms with Gasteiger partial charge in [0.25, 0.3) is 0 Å². The van der Waals surface area contributed by atoms with Gasteiger partial charge in [-0.25, -0.2) is 4.39 Å². The van der Waals surface area contributed by atoms with Crippen molar-refractivity contribution in [3.8, 4) is 0 Å². The Morgan fingerprint density at radius 3 is 2.69 bits per heavy atom. The quantitative estimate of drug-likeness (QED) is 0.781. The highest BCUT2D eigenvalue weighted by atomic mass is 19.1. The molecule has 16 heavy (non-hydrogen) atoms. The predicted molar refractivity (Wildman–Crippen MR) is 60.8 cm³/mol. The van der Waals surface area contributed by atoms with Crippen LogP contribution in [0.15, 0.2) is 24.3 Å². The number of piperazine rings is 1. The van der Waals surface area contributed by atoms with Gasteiger partial charge in [0, 0.05) is 6.54 Å². The molecule has 1 aliphatic heterocycles. The van der Waals surface area contributed by atoms with Gasteiger partial charge in [0.15, 0.2) is 0 Å². The van der Waals surface area contributed by atoms with E-state index < -0.39 is 0 Å². The lowest BCUT2D eigenvalue weighted by Gasteiger charge is -2.39. The minimum atomic E-state index is -0.322. The predicted octanol–water partition coefficient (Wildman–Crippen LogP) is 1.54. The topological polar surface area (TPSA) is 32.3 Å². The summed E-state index contributed by atoms with van der Waals surface area (Å²) in [7, 11) is 0. The summed E-state index contributed by atoms with van der Waals surface area (Å²) in [6.45, 7) is 4.68. The zero-order valence-electron chi connectivity index (χ0n) is 9.46. The second kappa shape index (κ2) is 3.77. The number of para-hydroxylation sites is 1. The average Bonchev–Trinajstić information content (AvgIpc) is 2.15. The number of anilines is 1. The molecule has 0 radical (unpaired) electrons. The summed E-state index contributed by atoms with van der Waals surface area (Å²) in [6, 6.07) is 6.53. The van der Waals surface area contributed by atoms with Crippen LogP contribution in [0.5, 0.6) is 0 Å². The molecule has 86 valence electrons. The maximum Gasteiger partial charge on any atom is 0.239 e. The molecule has 0 atom stereocenters. The molecule has 0 bridgehead atoms. The molecule has 1 fully saturated rings. The van der Waals surface area contributed by atoms with Crippen LogP contribution < -0.4 is 10.2 Å². The summed E-state index contributed by atoms with van der Waals surface area (Å²) in [6.07, 6.45) is 0. The van der Waals surface area contributed by atoms with Crippen molar-refractivity contribution in [3.63, 3.8) is 0 Å². The van der Waals surface area contributed by atoms with E-state index in [9.17, 15) is 9.18 Å². The van der Waals surface area contributed by atoms with Crippen LogP contribution in [0.25, 0.3) is 0 Å². The first-order valence-corrected chi connectivity index (χ1v) is 5.28. The van der Waals surface area contributed by atoms with Crippen molar-refractivity contribution in [1.82, 2.24) is 5.32 Å². The minimum Gasteiger partial charge on any atom is -0.358 e. The number of benzene rings is 1. The van der Waals surface area contributed by atoms with E-state index in [1.165, 1.54) is 6.07 Å². The van der Waals surface area contributed by atoms with E-state index in [-0.39, 0.29) is 23.8 Å². The average molecular weight is 222 g/mol. The Balaban J connectivity index is 2.28. The van der Waals surface area contributed by atoms with Crippen molar-refractivity contribution in [3.05, 3.63) is 30.1 Å². The fraction of sp³-hybridized carbons (Fsp3) is 0.417. The van der Waals surface area contributed by atoms with Crippen LogP contribution in [0.3, 0.4) is 0 Å². The van der Waals surface area contributed by atoms with E-state index in [1.807, 2.05) is 13.8 Å². The Hall–Kier alpha value is -1.58. The second-order valence-corrected chi connectivity index (χ2v) is 4.74. The van der Waals surface area contributed by atoms with E-state index >= 15 is 0 Å². The molecule has 3 nitrogen and oxygen atoms in total. The summed E-state index contributed by atoms with van der Waals surface area (Å²) < 4.78 is 13.6. The van der Waals surface area contributed by atoms with Gasteiger partial charge in [-0.05, 0) is 26.0 Å². The molecular weight excluding hydrogens is 207 g/mol. The van der Waals surface area contributed by atoms with Crippen molar-refractivity contribution in [1.29, 1.82) is 0 Å². The molecule has 0 unspecified atom stereocenters. The molecule has 1 saturated heterocycles. The number of hydrogen-bond acceptors (Lipinski definition) is 2. The van der Waals surface area contributed by atoms with E-state index in [4.69, 9.17) is 0 Å². The van der Waals surface area contributed by atoms with Gasteiger partial charge in [0.05, 0.1) is 17.8 Å². The Kier molecular flexibility index (Phi) is 2.58. The molecule has 1 amide bonds. The zero-order valence-corrected chi connectivity index (χ0v) is 9.46. The Bertz CT molecular complexity index is 417. The molecule has 1 aromatic carbocycles. The highest BCUT2D eigenvalue weighted by Crippen LogP contribution is 2.22. The number of hydrogen-bond donors (Lipinski definition) is 1. The molecular formula is C12H15FN2O. The number of rotatable bonds is 1. The van der Waals surface area contributed by atoms with Gasteiger partial charge in [-0.15, -0.1) is 0 Å². The number of halogens is 1. The van der Waals surface area contributed by atoms with Crippen LogP contribution in [-0.2, 0) is 4.79 Å². The fourth-order valence-corrected chi connectivity index (χ4v) is 2.04. The highest BCUT2D eigenvalue weighted by Gasteiger charge is 2.31. The van der Waals surface area contributed by atoms with Gasteiger partial charge in [0.2, 0.25) is 5.91 Å². The van der Waals surface area contributed by atoms with Gasteiger partial charge >= 0.3 is 0 Å². The summed E-state index contributed by atoms with van der Waals surface area (Å²) in [5, 5.41) is 2.87. The number of carbonyl (C=O) groups is 1. The number of nitrogens with zero attached hydrogens (tertiary/aromatic N) is 1. The third-order valence-corrected chi connectivity index (χ3v) is 2.59. The molecule has 1 aromatic rings. The van der Waals surface area contributed by atoms with E-state index in [0.29, 0.717) is 12.2 Å². The highest BCUT2D eigenvalue weighted by molar-refractivity contribution is 5.83. The molecule has 0 aromatic heterocycles. The van der Waals surface area contributed by atoms with Gasteiger partial charge in [0.1, 0.15) is 5.82 Å². The van der Waals surface area contributed by atoms with Crippen molar-refractivity contribution in [2.75, 3.05) is 18.0 Å². The Labute approximate surface area is 94.3 Å². The second-order valence-electron chi connectivity index (χ2n) is 4.74. The van der Waals surface area contributed by atoms with Crippen LogP contribution in [0.2, 0.25) is 0 Å². The van der Waals surface area contributed by atoms with E-state index in [2.05, 4.69) is 5.32 Å². The van der Waals surface area contributed by atoms with Crippen molar-refractivity contribution in [2.45, 2.75) is 19.4 Å². The minimum absolute atomic E-state index is 0.0699. The smallest absolute Gasteiger partial charge is 0.239 e. The van der Waals surface area contributed by atoms with Crippen LogP contribution in [0, 0.1) is 5.82 Å². The maximum absolute atomic E-state index is 13.6. The molecule has 0 saturated carbocycles. The summed E-state index contributed by atoms with van der Waals surface area (Å²) in [5.74, 6) is -0.354. The molecule has 1 heterocycles. The van der Waals surface area contributed by atoms with Crippen LogP contribution in [-0.4, -0.2) is 24.5 Å². The lowest BCUT2D eigenvalue weighted by molar-refractivity contribution is -0.122. The van der Waals surface area contributed by atoms with Gasteiger partial charge < -0.3 is 10.2 Å². The van der Waals surface area contributed by atoms with Crippen LogP contribution in [0.4, 0.5) is 10.1 Å². The number of amides is 1. The van der Waals surface area contributed by atoms with E-state index in [1.54, 1.807) is 23.1 Å². The fourth-order valence-electron chi connectivity index (χ4n) is 2.04. The standard InChI is InChI=1S/C12H15FN2O/c1-12(2)8-15(7-11(16)14-12)10-6-4-3-5-9(10)13/h3-6H,7-8H2,1-2H3,(H,14,16). The maximum atomic E-state index is 13.6. The largest absolute Gasteiger partial charge is 0.358 e. The molecule has 1 N–H and O–H groups in total. The lowest BCUT2D eigenvalue weighted by Crippen LogP contribution is -2.60. The van der Waals surface area contributed by atoms with Gasteiger partial charge in [-0.2, -0.15) is 0 Å². The van der Waals surface area contributed by atoms with Crippen molar-refractivity contribution in [2.24, 2.45) is 0 Å².